The summed E-state index contributed by atoms with van der Waals surface area (Å²) in [5, 5.41) is 12.4. The maximum absolute atomic E-state index is 12.4. The van der Waals surface area contributed by atoms with Gasteiger partial charge in [0.2, 0.25) is 12.3 Å². The van der Waals surface area contributed by atoms with Crippen molar-refractivity contribution in [3.63, 3.8) is 0 Å². The Hall–Kier alpha value is -2.62. The van der Waals surface area contributed by atoms with Crippen molar-refractivity contribution in [1.29, 1.82) is 0 Å². The topological polar surface area (TPSA) is 52.4 Å². The minimum absolute atomic E-state index is 0.263. The first-order valence-electron chi connectivity index (χ1n) is 6.80. The number of ether oxygens (including phenoxy) is 1. The zero-order chi connectivity index (χ0) is 15.1. The second-order valence-electron chi connectivity index (χ2n) is 4.42. The molecule has 0 unspecified atom stereocenters. The molecule has 0 aliphatic carbocycles. The van der Waals surface area contributed by atoms with Gasteiger partial charge >= 0.3 is 5.97 Å². The Bertz CT molecular complexity index is 579. The Kier molecular flexibility index (Phi) is 5.10. The van der Waals surface area contributed by atoms with Crippen LogP contribution in [0.1, 0.15) is 18.1 Å². The van der Waals surface area contributed by atoms with Gasteiger partial charge in [0.25, 0.3) is 0 Å². The van der Waals surface area contributed by atoms with Crippen LogP contribution in [0.15, 0.2) is 60.7 Å². The number of carbonyl (C=O) groups excluding carboxylic acids is 1. The molecule has 0 fully saturated rings. The molecular formula is C17H17NO3. The van der Waals surface area contributed by atoms with Crippen LogP contribution in [0.5, 0.6) is 0 Å². The Morgan fingerprint density at radius 1 is 1.00 bits per heavy atom. The smallest absolute Gasteiger partial charge is 0.373 e. The van der Waals surface area contributed by atoms with E-state index in [-0.39, 0.29) is 13.2 Å². The minimum Gasteiger partial charge on any atom is -0.623 e. The van der Waals surface area contributed by atoms with E-state index in [0.29, 0.717) is 10.5 Å². The zero-order valence-corrected chi connectivity index (χ0v) is 11.9. The highest BCUT2D eigenvalue weighted by molar-refractivity contribution is 6.09. The van der Waals surface area contributed by atoms with Gasteiger partial charge in [-0.05, 0) is 31.2 Å². The van der Waals surface area contributed by atoms with Crippen LogP contribution in [-0.2, 0) is 9.53 Å². The number of hydroxylamine groups is 1. The monoisotopic (exact) mass is 283 g/mol. The highest BCUT2D eigenvalue weighted by Crippen LogP contribution is 2.10. The van der Waals surface area contributed by atoms with Gasteiger partial charge in [-0.15, -0.1) is 0 Å². The van der Waals surface area contributed by atoms with Gasteiger partial charge in [0.1, 0.15) is 0 Å². The molecule has 2 aromatic rings. The largest absolute Gasteiger partial charge is 0.623 e. The molecule has 0 saturated carbocycles. The van der Waals surface area contributed by atoms with Crippen molar-refractivity contribution >= 4 is 11.7 Å². The molecule has 0 radical (unpaired) electrons. The SMILES string of the molecule is CCOC(=O)C[N+]([O-])=C(c1ccccc1)c1ccccc1. The predicted molar refractivity (Wildman–Crippen MR) is 81.2 cm³/mol. The van der Waals surface area contributed by atoms with E-state index < -0.39 is 5.97 Å². The summed E-state index contributed by atoms with van der Waals surface area (Å²) in [6.45, 7) is 1.65. The highest BCUT2D eigenvalue weighted by atomic mass is 16.5. The van der Waals surface area contributed by atoms with E-state index in [1.54, 1.807) is 6.92 Å². The molecule has 0 amide bonds. The van der Waals surface area contributed by atoms with Crippen LogP contribution in [-0.4, -0.2) is 29.6 Å². The van der Waals surface area contributed by atoms with Gasteiger partial charge in [-0.3, -0.25) is 0 Å². The Morgan fingerprint density at radius 3 is 1.90 bits per heavy atom. The fourth-order valence-corrected chi connectivity index (χ4v) is 2.05. The fourth-order valence-electron chi connectivity index (χ4n) is 2.05. The Labute approximate surface area is 123 Å². The summed E-state index contributed by atoms with van der Waals surface area (Å²) in [6.07, 6.45) is 0. The summed E-state index contributed by atoms with van der Waals surface area (Å²) in [4.78, 5) is 11.5. The van der Waals surface area contributed by atoms with Crippen molar-refractivity contribution < 1.29 is 14.3 Å². The number of hydrogen-bond acceptors (Lipinski definition) is 3. The lowest BCUT2D eigenvalue weighted by molar-refractivity contribution is -0.447. The van der Waals surface area contributed by atoms with E-state index in [9.17, 15) is 10.0 Å². The van der Waals surface area contributed by atoms with E-state index >= 15 is 0 Å². The number of rotatable bonds is 5. The average molecular weight is 283 g/mol. The average Bonchev–Trinajstić information content (AvgIpc) is 2.50. The van der Waals surface area contributed by atoms with Gasteiger partial charge in [-0.2, -0.15) is 4.74 Å². The highest BCUT2D eigenvalue weighted by Gasteiger charge is 2.18. The van der Waals surface area contributed by atoms with Crippen LogP contribution in [0.2, 0.25) is 0 Å². The lowest BCUT2D eigenvalue weighted by atomic mass is 10.0. The molecule has 4 nitrogen and oxygen atoms in total. The summed E-state index contributed by atoms with van der Waals surface area (Å²) in [6, 6.07) is 18.6. The first kappa shape index (κ1) is 14.8. The van der Waals surface area contributed by atoms with Crippen molar-refractivity contribution in [2.75, 3.05) is 13.2 Å². The van der Waals surface area contributed by atoms with Crippen molar-refractivity contribution in [2.45, 2.75) is 6.92 Å². The molecule has 0 bridgehead atoms. The second-order valence-corrected chi connectivity index (χ2v) is 4.42. The quantitative estimate of drug-likeness (QED) is 0.279. The zero-order valence-electron chi connectivity index (χ0n) is 11.9. The van der Waals surface area contributed by atoms with Crippen molar-refractivity contribution in [3.05, 3.63) is 77.0 Å². The molecule has 0 N–H and O–H groups in total. The van der Waals surface area contributed by atoms with Gasteiger partial charge < -0.3 is 9.94 Å². The Balaban J connectivity index is 2.43. The van der Waals surface area contributed by atoms with Crippen molar-refractivity contribution in [2.24, 2.45) is 0 Å². The van der Waals surface area contributed by atoms with Crippen LogP contribution < -0.4 is 0 Å². The molecule has 0 aliphatic heterocycles. The normalized spacial score (nSPS) is 9.95. The van der Waals surface area contributed by atoms with Gasteiger partial charge in [-0.25, -0.2) is 4.79 Å². The summed E-state index contributed by atoms with van der Waals surface area (Å²) in [5.41, 5.74) is 2.00. The van der Waals surface area contributed by atoms with E-state index in [0.717, 1.165) is 11.1 Å². The molecule has 2 rings (SSSR count). The van der Waals surface area contributed by atoms with Crippen LogP contribution in [0.4, 0.5) is 0 Å². The molecule has 0 saturated heterocycles. The third-order valence-electron chi connectivity index (χ3n) is 2.92. The van der Waals surface area contributed by atoms with Gasteiger partial charge in [0.05, 0.1) is 6.61 Å². The molecule has 108 valence electrons. The first-order valence-corrected chi connectivity index (χ1v) is 6.80. The minimum atomic E-state index is -0.531. The van der Waals surface area contributed by atoms with Crippen LogP contribution in [0.3, 0.4) is 0 Å². The van der Waals surface area contributed by atoms with E-state index in [1.165, 1.54) is 0 Å². The third-order valence-corrected chi connectivity index (χ3v) is 2.92. The van der Waals surface area contributed by atoms with Crippen molar-refractivity contribution in [1.82, 2.24) is 0 Å². The number of benzene rings is 2. The van der Waals surface area contributed by atoms with Crippen LogP contribution in [0.25, 0.3) is 0 Å². The molecule has 4 heteroatoms. The van der Waals surface area contributed by atoms with Gasteiger partial charge in [0, 0.05) is 11.1 Å². The predicted octanol–water partition coefficient (Wildman–Crippen LogP) is 2.60. The number of nitrogens with zero attached hydrogens (tertiary/aromatic N) is 1. The Morgan fingerprint density at radius 2 is 1.48 bits per heavy atom. The van der Waals surface area contributed by atoms with E-state index in [4.69, 9.17) is 4.74 Å². The molecule has 0 atom stereocenters. The fraction of sp³-hybridized carbons (Fsp3) is 0.176. The molecule has 0 spiro atoms. The van der Waals surface area contributed by atoms with Crippen LogP contribution >= 0.6 is 0 Å². The number of esters is 1. The lowest BCUT2D eigenvalue weighted by Gasteiger charge is -2.11. The summed E-state index contributed by atoms with van der Waals surface area (Å²) in [5.74, 6) is -0.531. The summed E-state index contributed by atoms with van der Waals surface area (Å²) in [7, 11) is 0. The standard InChI is InChI=1S/C17H17NO3/c1-2-21-16(19)13-18(20)17(14-9-5-3-6-10-14)15-11-7-4-8-12-15/h3-12H,2,13H2,1H3. The molecule has 21 heavy (non-hydrogen) atoms. The van der Waals surface area contributed by atoms with Gasteiger partial charge in [0.15, 0.2) is 0 Å². The molecule has 0 heterocycles. The van der Waals surface area contributed by atoms with Crippen LogP contribution in [0, 0.1) is 5.21 Å². The number of carbonyl (C=O) groups is 1. The summed E-state index contributed by atoms with van der Waals surface area (Å²) >= 11 is 0. The van der Waals surface area contributed by atoms with E-state index in [1.807, 2.05) is 60.7 Å². The molecule has 0 aliphatic rings. The maximum atomic E-state index is 12.4. The molecular weight excluding hydrogens is 266 g/mol. The number of hydrogen-bond donors (Lipinski definition) is 0. The first-order chi connectivity index (χ1) is 10.2. The van der Waals surface area contributed by atoms with Gasteiger partial charge in [-0.1, -0.05) is 36.4 Å². The maximum Gasteiger partial charge on any atom is 0.373 e. The molecule has 2 aromatic carbocycles. The third kappa shape index (κ3) is 3.92. The summed E-state index contributed by atoms with van der Waals surface area (Å²) < 4.78 is 5.52. The van der Waals surface area contributed by atoms with E-state index in [2.05, 4.69) is 0 Å². The van der Waals surface area contributed by atoms with Crippen molar-refractivity contribution in [3.8, 4) is 0 Å². The second kappa shape index (κ2) is 7.24. The molecule has 0 aromatic heterocycles. The lowest BCUT2D eigenvalue weighted by Crippen LogP contribution is -2.25.